The first kappa shape index (κ1) is 24.0. The molecule has 0 aliphatic rings. The van der Waals surface area contributed by atoms with E-state index in [0.717, 1.165) is 11.8 Å². The summed E-state index contributed by atoms with van der Waals surface area (Å²) in [5.74, 6) is 0.696. The minimum absolute atomic E-state index is 0.00330. The highest BCUT2D eigenvalue weighted by Crippen LogP contribution is 2.29. The number of hydrogen-bond donors (Lipinski definition) is 1. The molecule has 0 unspecified atom stereocenters. The molecule has 0 radical (unpaired) electrons. The number of Topliss-reactive ketones (excluding diaryl/α,β-unsaturated/α-hetero) is 1. The van der Waals surface area contributed by atoms with Crippen LogP contribution in [0.4, 0.5) is 5.69 Å². The number of ether oxygens (including phenoxy) is 2. The van der Waals surface area contributed by atoms with Crippen LogP contribution in [0.25, 0.3) is 16.6 Å². The molecule has 35 heavy (non-hydrogen) atoms. The van der Waals surface area contributed by atoms with Gasteiger partial charge in [0.2, 0.25) is 5.91 Å². The number of amides is 1. The maximum Gasteiger partial charge on any atom is 0.266 e. The number of carbonyl (C=O) groups is 2. The van der Waals surface area contributed by atoms with Crippen LogP contribution in [-0.2, 0) is 4.79 Å². The number of carbonyl (C=O) groups excluding carboxylic acids is 2. The van der Waals surface area contributed by atoms with Crippen molar-refractivity contribution in [1.82, 2.24) is 9.55 Å². The first-order chi connectivity index (χ1) is 16.9. The lowest BCUT2D eigenvalue weighted by Gasteiger charge is -2.14. The Morgan fingerprint density at radius 1 is 1.00 bits per heavy atom. The number of methoxy groups -OCH3 is 2. The molecular weight excluding hydrogens is 466 g/mol. The van der Waals surface area contributed by atoms with Gasteiger partial charge in [0.15, 0.2) is 10.9 Å². The normalized spacial score (nSPS) is 10.7. The van der Waals surface area contributed by atoms with Gasteiger partial charge in [0.05, 0.1) is 42.3 Å². The van der Waals surface area contributed by atoms with Crippen molar-refractivity contribution in [3.05, 3.63) is 82.6 Å². The molecule has 0 saturated carbocycles. The van der Waals surface area contributed by atoms with Gasteiger partial charge in [-0.1, -0.05) is 23.9 Å². The van der Waals surface area contributed by atoms with E-state index in [1.807, 2.05) is 0 Å². The van der Waals surface area contributed by atoms with Crippen LogP contribution in [0.2, 0.25) is 0 Å². The molecular formula is C26H23N3O5S. The molecule has 3 aromatic carbocycles. The Bertz CT molecular complexity index is 1460. The highest BCUT2D eigenvalue weighted by atomic mass is 32.2. The van der Waals surface area contributed by atoms with Crippen molar-refractivity contribution in [2.45, 2.75) is 12.1 Å². The van der Waals surface area contributed by atoms with E-state index in [-0.39, 0.29) is 23.0 Å². The monoisotopic (exact) mass is 489 g/mol. The largest absolute Gasteiger partial charge is 0.497 e. The zero-order chi connectivity index (χ0) is 24.9. The van der Waals surface area contributed by atoms with Crippen molar-refractivity contribution in [1.29, 1.82) is 0 Å². The van der Waals surface area contributed by atoms with E-state index in [0.29, 0.717) is 44.5 Å². The zero-order valence-electron chi connectivity index (χ0n) is 19.4. The van der Waals surface area contributed by atoms with Gasteiger partial charge in [0.1, 0.15) is 11.5 Å². The van der Waals surface area contributed by atoms with Crippen molar-refractivity contribution in [2.24, 2.45) is 0 Å². The second-order valence-corrected chi connectivity index (χ2v) is 8.50. The number of benzene rings is 3. The second-order valence-electron chi connectivity index (χ2n) is 7.56. The lowest BCUT2D eigenvalue weighted by Crippen LogP contribution is -2.23. The SMILES string of the molecule is COc1ccc(OC)c(NC(=O)CSc2nc3ccccc3c(=O)n2-c2ccc(C(C)=O)cc2)c1. The Labute approximate surface area is 205 Å². The van der Waals surface area contributed by atoms with E-state index < -0.39 is 0 Å². The molecule has 0 saturated heterocycles. The van der Waals surface area contributed by atoms with Gasteiger partial charge in [0.25, 0.3) is 5.56 Å². The standard InChI is InChI=1S/C26H23N3O5S/c1-16(30)17-8-10-18(11-9-17)29-25(32)20-6-4-5-7-21(20)28-26(29)35-15-24(31)27-22-14-19(33-2)12-13-23(22)34-3/h4-14H,15H2,1-3H3,(H,27,31). The lowest BCUT2D eigenvalue weighted by atomic mass is 10.1. The number of rotatable bonds is 8. The number of ketones is 1. The van der Waals surface area contributed by atoms with Crippen LogP contribution in [-0.4, -0.2) is 41.2 Å². The molecule has 0 aliphatic carbocycles. The fourth-order valence-corrected chi connectivity index (χ4v) is 4.32. The molecule has 9 heteroatoms. The number of para-hydroxylation sites is 1. The minimum atomic E-state index is -0.303. The van der Waals surface area contributed by atoms with Crippen molar-refractivity contribution in [3.63, 3.8) is 0 Å². The molecule has 8 nitrogen and oxygen atoms in total. The molecule has 4 aromatic rings. The smallest absolute Gasteiger partial charge is 0.266 e. The third-order valence-corrected chi connectivity index (χ3v) is 6.23. The van der Waals surface area contributed by atoms with Gasteiger partial charge in [0, 0.05) is 11.6 Å². The van der Waals surface area contributed by atoms with Crippen molar-refractivity contribution in [3.8, 4) is 17.2 Å². The number of hydrogen-bond acceptors (Lipinski definition) is 7. The van der Waals surface area contributed by atoms with E-state index >= 15 is 0 Å². The van der Waals surface area contributed by atoms with Crippen molar-refractivity contribution >= 4 is 40.0 Å². The van der Waals surface area contributed by atoms with E-state index in [4.69, 9.17) is 9.47 Å². The molecule has 4 rings (SSSR count). The van der Waals surface area contributed by atoms with Crippen LogP contribution >= 0.6 is 11.8 Å². The number of aromatic nitrogens is 2. The number of nitrogens with zero attached hydrogens (tertiary/aromatic N) is 2. The average Bonchev–Trinajstić information content (AvgIpc) is 2.87. The summed E-state index contributed by atoms with van der Waals surface area (Å²) in [7, 11) is 3.05. The molecule has 1 amide bonds. The summed E-state index contributed by atoms with van der Waals surface area (Å²) in [4.78, 5) is 42.5. The summed E-state index contributed by atoms with van der Waals surface area (Å²) in [5.41, 5.74) is 1.84. The molecule has 0 spiro atoms. The predicted octanol–water partition coefficient (Wildman–Crippen LogP) is 4.34. The number of fused-ring (bicyclic) bond motifs is 1. The van der Waals surface area contributed by atoms with Crippen LogP contribution in [0.5, 0.6) is 11.5 Å². The Morgan fingerprint density at radius 2 is 1.74 bits per heavy atom. The number of anilines is 1. The third-order valence-electron chi connectivity index (χ3n) is 5.29. The Morgan fingerprint density at radius 3 is 2.43 bits per heavy atom. The maximum atomic E-state index is 13.4. The zero-order valence-corrected chi connectivity index (χ0v) is 20.2. The summed E-state index contributed by atoms with van der Waals surface area (Å²) < 4.78 is 12.0. The summed E-state index contributed by atoms with van der Waals surface area (Å²) in [6.07, 6.45) is 0. The first-order valence-electron chi connectivity index (χ1n) is 10.7. The fraction of sp³-hybridized carbons (Fsp3) is 0.154. The average molecular weight is 490 g/mol. The van der Waals surface area contributed by atoms with Gasteiger partial charge >= 0.3 is 0 Å². The van der Waals surface area contributed by atoms with Gasteiger partial charge in [-0.25, -0.2) is 4.98 Å². The summed E-state index contributed by atoms with van der Waals surface area (Å²) in [6.45, 7) is 1.48. The molecule has 0 aliphatic heterocycles. The van der Waals surface area contributed by atoms with E-state index in [1.54, 1.807) is 66.7 Å². The molecule has 1 aromatic heterocycles. The Hall–Kier alpha value is -4.11. The highest BCUT2D eigenvalue weighted by Gasteiger charge is 2.16. The van der Waals surface area contributed by atoms with Crippen LogP contribution in [0.1, 0.15) is 17.3 Å². The molecule has 1 N–H and O–H groups in total. The third kappa shape index (κ3) is 5.20. The molecule has 0 atom stereocenters. The van der Waals surface area contributed by atoms with E-state index in [9.17, 15) is 14.4 Å². The van der Waals surface area contributed by atoms with Crippen LogP contribution in [0.3, 0.4) is 0 Å². The van der Waals surface area contributed by atoms with Crippen LogP contribution < -0.4 is 20.3 Å². The van der Waals surface area contributed by atoms with Gasteiger partial charge < -0.3 is 14.8 Å². The van der Waals surface area contributed by atoms with Crippen molar-refractivity contribution in [2.75, 3.05) is 25.3 Å². The number of nitrogens with one attached hydrogen (secondary N) is 1. The Balaban J connectivity index is 1.66. The predicted molar refractivity (Wildman–Crippen MR) is 136 cm³/mol. The minimum Gasteiger partial charge on any atom is -0.497 e. The van der Waals surface area contributed by atoms with Crippen molar-refractivity contribution < 1.29 is 19.1 Å². The quantitative estimate of drug-likeness (QED) is 0.223. The number of thioether (sulfide) groups is 1. The molecule has 1 heterocycles. The van der Waals surface area contributed by atoms with Gasteiger partial charge in [-0.2, -0.15) is 0 Å². The maximum absolute atomic E-state index is 13.4. The van der Waals surface area contributed by atoms with Gasteiger partial charge in [-0.3, -0.25) is 19.0 Å². The van der Waals surface area contributed by atoms with Crippen LogP contribution in [0.15, 0.2) is 76.7 Å². The topological polar surface area (TPSA) is 99.5 Å². The summed E-state index contributed by atoms with van der Waals surface area (Å²) >= 11 is 1.13. The molecule has 0 bridgehead atoms. The van der Waals surface area contributed by atoms with E-state index in [1.165, 1.54) is 25.7 Å². The van der Waals surface area contributed by atoms with Gasteiger partial charge in [-0.15, -0.1) is 0 Å². The van der Waals surface area contributed by atoms with E-state index in [2.05, 4.69) is 10.3 Å². The summed E-state index contributed by atoms with van der Waals surface area (Å²) in [5, 5.41) is 3.63. The highest BCUT2D eigenvalue weighted by molar-refractivity contribution is 7.99. The fourth-order valence-electron chi connectivity index (χ4n) is 3.51. The lowest BCUT2D eigenvalue weighted by molar-refractivity contribution is -0.113. The molecule has 178 valence electrons. The Kier molecular flexibility index (Phi) is 7.17. The van der Waals surface area contributed by atoms with Crippen LogP contribution in [0, 0.1) is 0 Å². The second kappa shape index (κ2) is 10.4. The van der Waals surface area contributed by atoms with Gasteiger partial charge in [-0.05, 0) is 55.5 Å². The first-order valence-corrected chi connectivity index (χ1v) is 11.7. The molecule has 0 fully saturated rings. The summed E-state index contributed by atoms with van der Waals surface area (Å²) in [6, 6.07) is 18.9.